The van der Waals surface area contributed by atoms with Crippen molar-refractivity contribution >= 4 is 71.6 Å². The zero-order chi connectivity index (χ0) is 73.5. The summed E-state index contributed by atoms with van der Waals surface area (Å²) in [6, 6.07) is 0. The molecule has 0 spiro atoms. The molecule has 0 aromatic carbocycles. The molecule has 27 unspecified atom stereocenters. The van der Waals surface area contributed by atoms with Gasteiger partial charge in [0.05, 0.1) is 71.1 Å². The summed E-state index contributed by atoms with van der Waals surface area (Å²) in [5.41, 5.74) is -3.93. The first kappa shape index (κ1) is 74.7. The molecule has 0 amide bonds. The van der Waals surface area contributed by atoms with Crippen molar-refractivity contribution in [1.82, 2.24) is 0 Å². The Kier molecular flexibility index (Phi) is 19.7. The molecule has 6 aliphatic carbocycles. The monoisotopic (exact) mass is 1410 g/mol. The molecule has 26 nitrogen and oxygen atoms in total. The van der Waals surface area contributed by atoms with E-state index in [0.29, 0.717) is 38.0 Å². The molecule has 6 saturated carbocycles. The van der Waals surface area contributed by atoms with Crippen molar-refractivity contribution in [3.05, 3.63) is 0 Å². The van der Waals surface area contributed by atoms with Crippen LogP contribution in [0.5, 0.6) is 0 Å². The third kappa shape index (κ3) is 12.1. The van der Waals surface area contributed by atoms with Crippen LogP contribution in [0.15, 0.2) is 0 Å². The molecule has 9 heterocycles. The average molecular weight is 1410 g/mol. The Hall–Kier alpha value is -6.44. The van der Waals surface area contributed by atoms with Crippen molar-refractivity contribution in [3.8, 4) is 0 Å². The lowest BCUT2D eigenvalue weighted by Gasteiger charge is -2.38. The molecule has 15 rings (SSSR count). The van der Waals surface area contributed by atoms with Crippen LogP contribution in [0.25, 0.3) is 0 Å². The highest BCUT2D eigenvalue weighted by atomic mass is 16.7. The number of carbonyl (C=O) groups is 12. The molecule has 9 aliphatic heterocycles. The second kappa shape index (κ2) is 26.4. The molecule has 100 heavy (non-hydrogen) atoms. The van der Waals surface area contributed by atoms with Gasteiger partial charge < -0.3 is 66.3 Å². The van der Waals surface area contributed by atoms with Crippen molar-refractivity contribution in [3.63, 3.8) is 0 Å². The first-order valence-corrected chi connectivity index (χ1v) is 36.2. The summed E-state index contributed by atoms with van der Waals surface area (Å²) in [5, 5.41) is 0. The summed E-state index contributed by atoms with van der Waals surface area (Å²) in [6.45, 7) is 32.1. The minimum atomic E-state index is -0.774. The van der Waals surface area contributed by atoms with Crippen molar-refractivity contribution < 1.29 is 124 Å². The topological polar surface area (TPSA) is 334 Å². The Morgan fingerprint density at radius 1 is 0.430 bits per heavy atom. The third-order valence-corrected chi connectivity index (χ3v) is 26.6. The Morgan fingerprint density at radius 3 is 1.49 bits per heavy atom. The molecule has 0 radical (unpaired) electrons. The summed E-state index contributed by atoms with van der Waals surface area (Å²) >= 11 is 0. The van der Waals surface area contributed by atoms with Crippen LogP contribution in [0.2, 0.25) is 0 Å². The molecular weight excluding hydrogens is 1300 g/mol. The van der Waals surface area contributed by atoms with Crippen LogP contribution in [-0.4, -0.2) is 171 Å². The first-order chi connectivity index (χ1) is 46.7. The molecular formula is C74H104O26. The molecule has 27 atom stereocenters. The Balaban J connectivity index is 0.000000126. The first-order valence-electron chi connectivity index (χ1n) is 36.2. The smallest absolute Gasteiger partial charge is 0.316 e. The van der Waals surface area contributed by atoms with Crippen molar-refractivity contribution in [2.75, 3.05) is 14.2 Å². The quantitative estimate of drug-likeness (QED) is 0.101. The standard InChI is InChI=1S/C16H22O6.C15H20O7.2C15H22O4.C13H18O5/c1-5-16(2,3)15(19)22-12-7-6-8-10(9(7)13(17)20-4)14(18)21-11(8)12;1-5-15(2,3)14(18)22-11-8-6(12(16)19-4)7-9(20-8)10(11)21-13(7)17;1-5-14(2,3)13(17)19-15(4)8-6-9-10(7-8)12(16)18-11(9)15;1-5-14(2,3)12(16)19-11-8-6-9-10(7-8)18-13(17)15(9,11)4;1-4-13(2,3)12(15)18-9-7-5-6-8(16-7)10(9)17-11(6)14/h7-12H,5-6H2,1-4H3;6-11H,5H2,1-4H3;2*8-11H,5-7H2,1-4H3;6-10H,4-5H2,1-3H3. The molecule has 0 aromatic rings. The van der Waals surface area contributed by atoms with E-state index >= 15 is 0 Å². The number of hydrogen-bond acceptors (Lipinski definition) is 26. The van der Waals surface area contributed by atoms with Crippen molar-refractivity contribution in [1.29, 1.82) is 0 Å². The fourth-order valence-corrected chi connectivity index (χ4v) is 17.9. The lowest BCUT2D eigenvalue weighted by Crippen LogP contribution is -2.49. The van der Waals surface area contributed by atoms with Crippen LogP contribution in [0.1, 0.15) is 188 Å². The lowest BCUT2D eigenvalue weighted by molar-refractivity contribution is -0.188. The summed E-state index contributed by atoms with van der Waals surface area (Å²) in [5.74, 6) is -5.22. The molecule has 0 N–H and O–H groups in total. The van der Waals surface area contributed by atoms with E-state index in [9.17, 15) is 57.5 Å². The van der Waals surface area contributed by atoms with Gasteiger partial charge in [0.1, 0.15) is 71.7 Å². The van der Waals surface area contributed by atoms with E-state index in [1.54, 1.807) is 13.8 Å². The summed E-state index contributed by atoms with van der Waals surface area (Å²) in [4.78, 5) is 145. The van der Waals surface area contributed by atoms with Crippen LogP contribution in [0, 0.1) is 104 Å². The molecule has 15 aliphatic rings. The fraction of sp³-hybridized carbons (Fsp3) is 0.838. The highest BCUT2D eigenvalue weighted by Crippen LogP contribution is 2.64. The van der Waals surface area contributed by atoms with E-state index in [0.717, 1.165) is 38.5 Å². The fourth-order valence-electron chi connectivity index (χ4n) is 17.9. The van der Waals surface area contributed by atoms with Crippen LogP contribution < -0.4 is 0 Å². The third-order valence-electron chi connectivity index (χ3n) is 26.6. The van der Waals surface area contributed by atoms with Gasteiger partial charge >= 0.3 is 71.6 Å². The Morgan fingerprint density at radius 2 is 0.920 bits per heavy atom. The molecule has 26 heteroatoms. The maximum absolute atomic E-state index is 12.4. The van der Waals surface area contributed by atoms with Crippen LogP contribution in [0.4, 0.5) is 0 Å². The van der Waals surface area contributed by atoms with Gasteiger partial charge in [-0.15, -0.1) is 0 Å². The zero-order valence-electron chi connectivity index (χ0n) is 61.3. The van der Waals surface area contributed by atoms with Gasteiger partial charge in [-0.05, 0) is 154 Å². The van der Waals surface area contributed by atoms with E-state index in [-0.39, 0.29) is 126 Å². The van der Waals surface area contributed by atoms with E-state index in [1.807, 2.05) is 104 Å². The van der Waals surface area contributed by atoms with Gasteiger partial charge in [0.25, 0.3) is 0 Å². The van der Waals surface area contributed by atoms with E-state index in [2.05, 4.69) is 0 Å². The normalized spacial score (nSPS) is 41.0. The average Bonchev–Trinajstić information content (AvgIpc) is 1.57. The van der Waals surface area contributed by atoms with Gasteiger partial charge in [0.15, 0.2) is 24.4 Å². The summed E-state index contributed by atoms with van der Waals surface area (Å²) in [7, 11) is 2.57. The lowest BCUT2D eigenvalue weighted by atomic mass is 9.73. The minimum Gasteiger partial charge on any atom is -0.469 e. The van der Waals surface area contributed by atoms with E-state index in [4.69, 9.17) is 66.3 Å². The number of rotatable bonds is 17. The Labute approximate surface area is 584 Å². The van der Waals surface area contributed by atoms with Gasteiger partial charge in [-0.25, -0.2) is 0 Å². The second-order valence-electron chi connectivity index (χ2n) is 34.0. The van der Waals surface area contributed by atoms with Crippen LogP contribution in [0.3, 0.4) is 0 Å². The molecule has 9 saturated heterocycles. The number of esters is 12. The van der Waals surface area contributed by atoms with Gasteiger partial charge in [0, 0.05) is 35.5 Å². The number of ether oxygens (including phenoxy) is 14. The number of hydrogen-bond donors (Lipinski definition) is 0. The van der Waals surface area contributed by atoms with Crippen molar-refractivity contribution in [2.45, 2.75) is 273 Å². The molecule has 10 bridgehead atoms. The second-order valence-corrected chi connectivity index (χ2v) is 34.0. The number of carbonyl (C=O) groups excluding carboxylic acids is 12. The molecule has 556 valence electrons. The van der Waals surface area contributed by atoms with Gasteiger partial charge in [-0.1, -0.05) is 34.6 Å². The minimum absolute atomic E-state index is 0.0378. The highest BCUT2D eigenvalue weighted by Gasteiger charge is 2.75. The number of methoxy groups -OCH3 is 2. The highest BCUT2D eigenvalue weighted by molar-refractivity contribution is 5.89. The molecule has 0 aromatic heterocycles. The van der Waals surface area contributed by atoms with Gasteiger partial charge in [-0.2, -0.15) is 0 Å². The van der Waals surface area contributed by atoms with Crippen LogP contribution in [-0.2, 0) is 124 Å². The SMILES string of the molecule is CCC(C)(C)C(=O)OC1(C)C2CC3C(=O)OC1C3C2.CCC(C)(C)C(=O)OC1C2CC3C(=O)OC1C3O2.CCC(C)(C)C(=O)OC1C2CC3C1OC(=O)C3C2C(=O)OC.CCC(C)(C)C(=O)OC1C2CC3OC(=O)C1(C)C3C2.CCC(C)(C)C(=O)OC1C2OC(=O)C3C2OC1C3C(=O)OC. The zero-order valence-corrected chi connectivity index (χ0v) is 61.3. The van der Waals surface area contributed by atoms with Gasteiger partial charge in [-0.3, -0.25) is 57.5 Å². The number of fused-ring (bicyclic) bond motifs is 5. The summed E-state index contributed by atoms with van der Waals surface area (Å²) in [6.07, 6.45) is 3.15. The van der Waals surface area contributed by atoms with Crippen molar-refractivity contribution in [2.24, 2.45) is 104 Å². The predicted molar refractivity (Wildman–Crippen MR) is 343 cm³/mol. The maximum Gasteiger partial charge on any atom is 0.316 e. The Bertz CT molecular complexity index is 3230. The van der Waals surface area contributed by atoms with E-state index in [1.165, 1.54) is 14.2 Å². The van der Waals surface area contributed by atoms with E-state index < -0.39 is 129 Å². The largest absolute Gasteiger partial charge is 0.469 e. The maximum atomic E-state index is 12.4. The summed E-state index contributed by atoms with van der Waals surface area (Å²) < 4.78 is 76.2. The van der Waals surface area contributed by atoms with Gasteiger partial charge in [0.2, 0.25) is 0 Å². The predicted octanol–water partition coefficient (Wildman–Crippen LogP) is 7.42. The molecule has 15 fully saturated rings. The van der Waals surface area contributed by atoms with Crippen LogP contribution >= 0.6 is 0 Å².